The van der Waals surface area contributed by atoms with Gasteiger partial charge in [-0.05, 0) is 63.3 Å². The number of amides is 2. The Labute approximate surface area is 257 Å². The van der Waals surface area contributed by atoms with Crippen LogP contribution in [0.3, 0.4) is 0 Å². The fourth-order valence-corrected chi connectivity index (χ4v) is 6.17. The standard InChI is InChI=1S/C32H49N3O7S/c1-7-18-35(19-8-2)43(39,40)20-17-30(37)33-28(22-25-13-10-9-11-14-25)29(36)24-34(31(38)42-32(3,4)5)23-26-15-12-16-27(21-26)41-6/h9-16,21,28-29,36H,7-8,17-20,22-24H2,1-6H3,(H,33,37)/t28-,29+/m0/s1. The highest BCUT2D eigenvalue weighted by molar-refractivity contribution is 7.89. The summed E-state index contributed by atoms with van der Waals surface area (Å²) < 4.78 is 38.2. The molecule has 0 aliphatic rings. The maximum absolute atomic E-state index is 13.2. The molecule has 0 saturated heterocycles. The van der Waals surface area contributed by atoms with Gasteiger partial charge in [-0.25, -0.2) is 17.5 Å². The van der Waals surface area contributed by atoms with E-state index in [0.29, 0.717) is 31.7 Å². The van der Waals surface area contributed by atoms with Gasteiger partial charge in [-0.2, -0.15) is 0 Å². The summed E-state index contributed by atoms with van der Waals surface area (Å²) in [6.07, 6.45) is -0.405. The van der Waals surface area contributed by atoms with Gasteiger partial charge < -0.3 is 24.8 Å². The zero-order valence-corrected chi connectivity index (χ0v) is 27.2. The first kappa shape index (κ1) is 36.0. The molecule has 2 aromatic carbocycles. The van der Waals surface area contributed by atoms with Gasteiger partial charge in [-0.3, -0.25) is 4.79 Å². The van der Waals surface area contributed by atoms with E-state index in [1.165, 1.54) is 9.21 Å². The van der Waals surface area contributed by atoms with E-state index in [0.717, 1.165) is 11.1 Å². The number of methoxy groups -OCH3 is 1. The molecule has 0 spiro atoms. The van der Waals surface area contributed by atoms with Crippen LogP contribution >= 0.6 is 0 Å². The number of carbonyl (C=O) groups is 2. The quantitative estimate of drug-likeness (QED) is 0.270. The first-order valence-corrected chi connectivity index (χ1v) is 16.5. The SMILES string of the molecule is CCCN(CCC)S(=O)(=O)CCC(=O)N[C@@H](Cc1ccccc1)[C@H](O)CN(Cc1cccc(OC)c1)C(=O)OC(C)(C)C. The molecule has 2 N–H and O–H groups in total. The topological polar surface area (TPSA) is 125 Å². The van der Waals surface area contributed by atoms with Gasteiger partial charge in [-0.1, -0.05) is 56.3 Å². The van der Waals surface area contributed by atoms with Crippen LogP contribution in [0.25, 0.3) is 0 Å². The Hall–Kier alpha value is -3.15. The van der Waals surface area contributed by atoms with E-state index in [9.17, 15) is 23.1 Å². The third-order valence-corrected chi connectivity index (χ3v) is 8.47. The van der Waals surface area contributed by atoms with Gasteiger partial charge in [0.1, 0.15) is 11.4 Å². The Balaban J connectivity index is 2.26. The second-order valence-electron chi connectivity index (χ2n) is 11.6. The molecule has 2 atom stereocenters. The minimum Gasteiger partial charge on any atom is -0.497 e. The number of sulfonamides is 1. The summed E-state index contributed by atoms with van der Waals surface area (Å²) in [7, 11) is -2.06. The fraction of sp³-hybridized carbons (Fsp3) is 0.562. The second-order valence-corrected chi connectivity index (χ2v) is 13.7. The van der Waals surface area contributed by atoms with Crippen molar-refractivity contribution in [2.45, 2.75) is 84.6 Å². The molecular formula is C32H49N3O7S. The van der Waals surface area contributed by atoms with Crippen molar-refractivity contribution >= 4 is 22.0 Å². The molecule has 2 aromatic rings. The van der Waals surface area contributed by atoms with Gasteiger partial charge in [0.25, 0.3) is 0 Å². The Morgan fingerprint density at radius 2 is 1.60 bits per heavy atom. The van der Waals surface area contributed by atoms with Gasteiger partial charge in [-0.15, -0.1) is 0 Å². The summed E-state index contributed by atoms with van der Waals surface area (Å²) in [6, 6.07) is 15.8. The summed E-state index contributed by atoms with van der Waals surface area (Å²) in [5, 5.41) is 14.3. The van der Waals surface area contributed by atoms with E-state index in [2.05, 4.69) is 5.32 Å². The number of ether oxygens (including phenoxy) is 2. The van der Waals surface area contributed by atoms with Crippen LogP contribution in [0.15, 0.2) is 54.6 Å². The van der Waals surface area contributed by atoms with Crippen LogP contribution in [-0.4, -0.2) is 85.0 Å². The maximum atomic E-state index is 13.2. The zero-order chi connectivity index (χ0) is 32.0. The molecule has 0 heterocycles. The van der Waals surface area contributed by atoms with Crippen molar-refractivity contribution in [1.29, 1.82) is 0 Å². The number of aliphatic hydroxyl groups is 1. The van der Waals surface area contributed by atoms with Crippen molar-refractivity contribution in [3.05, 3.63) is 65.7 Å². The number of hydrogen-bond donors (Lipinski definition) is 2. The average Bonchev–Trinajstić information content (AvgIpc) is 2.95. The highest BCUT2D eigenvalue weighted by Gasteiger charge is 2.30. The lowest BCUT2D eigenvalue weighted by atomic mass is 10.0. The molecule has 0 aliphatic carbocycles. The molecule has 0 radical (unpaired) electrons. The Morgan fingerprint density at radius 1 is 0.977 bits per heavy atom. The number of hydrogen-bond acceptors (Lipinski definition) is 7. The van der Waals surface area contributed by atoms with Crippen LogP contribution in [0.4, 0.5) is 4.79 Å². The summed E-state index contributed by atoms with van der Waals surface area (Å²) in [5.41, 5.74) is 0.879. The third kappa shape index (κ3) is 12.9. The summed E-state index contributed by atoms with van der Waals surface area (Å²) in [5.74, 6) is -0.191. The molecular weight excluding hydrogens is 570 g/mol. The van der Waals surface area contributed by atoms with Crippen LogP contribution in [0.2, 0.25) is 0 Å². The van der Waals surface area contributed by atoms with E-state index in [1.54, 1.807) is 40.0 Å². The molecule has 0 bridgehead atoms. The van der Waals surface area contributed by atoms with Crippen LogP contribution < -0.4 is 10.1 Å². The molecule has 0 aromatic heterocycles. The van der Waals surface area contributed by atoms with Gasteiger partial charge >= 0.3 is 6.09 Å². The minimum atomic E-state index is -3.61. The number of aliphatic hydroxyl groups excluding tert-OH is 1. The lowest BCUT2D eigenvalue weighted by Gasteiger charge is -2.32. The average molecular weight is 620 g/mol. The molecule has 43 heavy (non-hydrogen) atoms. The number of benzene rings is 2. The highest BCUT2D eigenvalue weighted by atomic mass is 32.2. The second kappa shape index (κ2) is 17.2. The van der Waals surface area contributed by atoms with Crippen molar-refractivity contribution in [3.8, 4) is 5.75 Å². The smallest absolute Gasteiger partial charge is 0.410 e. The molecule has 10 nitrogen and oxygen atoms in total. The summed E-state index contributed by atoms with van der Waals surface area (Å²) in [6.45, 7) is 9.92. The van der Waals surface area contributed by atoms with Crippen molar-refractivity contribution < 1.29 is 32.6 Å². The maximum Gasteiger partial charge on any atom is 0.410 e. The van der Waals surface area contributed by atoms with Crippen LogP contribution in [-0.2, 0) is 32.5 Å². The molecule has 0 fully saturated rings. The van der Waals surface area contributed by atoms with E-state index in [4.69, 9.17) is 9.47 Å². The van der Waals surface area contributed by atoms with Gasteiger partial charge in [0, 0.05) is 26.1 Å². The Kier molecular flexibility index (Phi) is 14.4. The summed E-state index contributed by atoms with van der Waals surface area (Å²) >= 11 is 0. The number of carbonyl (C=O) groups excluding carboxylic acids is 2. The molecule has 0 unspecified atom stereocenters. The van der Waals surface area contributed by atoms with E-state index >= 15 is 0 Å². The predicted octanol–water partition coefficient (Wildman–Crippen LogP) is 4.36. The zero-order valence-electron chi connectivity index (χ0n) is 26.4. The monoisotopic (exact) mass is 619 g/mol. The van der Waals surface area contributed by atoms with E-state index in [1.807, 2.05) is 56.3 Å². The van der Waals surface area contributed by atoms with E-state index < -0.39 is 39.8 Å². The molecule has 2 amide bonds. The fourth-order valence-electron chi connectivity index (χ4n) is 4.54. The lowest BCUT2D eigenvalue weighted by Crippen LogP contribution is -2.51. The molecule has 2 rings (SSSR count). The first-order chi connectivity index (χ1) is 20.3. The predicted molar refractivity (Wildman–Crippen MR) is 168 cm³/mol. The van der Waals surface area contributed by atoms with E-state index in [-0.39, 0.29) is 31.7 Å². The molecule has 11 heteroatoms. The first-order valence-electron chi connectivity index (χ1n) is 14.9. The van der Waals surface area contributed by atoms with Crippen molar-refractivity contribution in [1.82, 2.24) is 14.5 Å². The van der Waals surface area contributed by atoms with Crippen LogP contribution in [0.1, 0.15) is 65.0 Å². The number of nitrogens with one attached hydrogen (secondary N) is 1. The molecule has 0 saturated carbocycles. The van der Waals surface area contributed by atoms with Crippen molar-refractivity contribution in [2.24, 2.45) is 0 Å². The van der Waals surface area contributed by atoms with Gasteiger partial charge in [0.15, 0.2) is 0 Å². The van der Waals surface area contributed by atoms with Gasteiger partial charge in [0.05, 0.1) is 31.6 Å². The summed E-state index contributed by atoms with van der Waals surface area (Å²) in [4.78, 5) is 27.7. The minimum absolute atomic E-state index is 0.136. The Bertz CT molecular complexity index is 1240. The highest BCUT2D eigenvalue weighted by Crippen LogP contribution is 2.18. The van der Waals surface area contributed by atoms with Crippen LogP contribution in [0.5, 0.6) is 5.75 Å². The third-order valence-electron chi connectivity index (χ3n) is 6.60. The lowest BCUT2D eigenvalue weighted by molar-refractivity contribution is -0.122. The number of nitrogens with zero attached hydrogens (tertiary/aromatic N) is 2. The normalized spacial score (nSPS) is 13.3. The molecule has 0 aliphatic heterocycles. The van der Waals surface area contributed by atoms with Crippen molar-refractivity contribution in [3.63, 3.8) is 0 Å². The van der Waals surface area contributed by atoms with Crippen LogP contribution in [0, 0.1) is 0 Å². The number of rotatable bonds is 17. The molecule has 240 valence electrons. The largest absolute Gasteiger partial charge is 0.497 e. The van der Waals surface area contributed by atoms with Gasteiger partial charge in [0.2, 0.25) is 15.9 Å². The van der Waals surface area contributed by atoms with Crippen molar-refractivity contribution in [2.75, 3.05) is 32.5 Å². The Morgan fingerprint density at radius 3 is 2.19 bits per heavy atom.